The van der Waals surface area contributed by atoms with Crippen molar-refractivity contribution >= 4 is 24.0 Å². The summed E-state index contributed by atoms with van der Waals surface area (Å²) in [7, 11) is 1.41. The molecule has 1 unspecified atom stereocenters. The molecule has 96 valence electrons. The second-order valence-electron chi connectivity index (χ2n) is 3.41. The monoisotopic (exact) mass is 262 g/mol. The number of nitrogens with two attached hydrogens (primary N) is 1. The maximum atomic E-state index is 13.0. The van der Waals surface area contributed by atoms with Gasteiger partial charge in [-0.05, 0) is 30.7 Å². The average molecular weight is 263 g/mol. The van der Waals surface area contributed by atoms with Gasteiger partial charge in [0.15, 0.2) is 0 Å². The van der Waals surface area contributed by atoms with Gasteiger partial charge in [-0.3, -0.25) is 4.79 Å². The molecular weight excluding hydrogens is 247 g/mol. The molecular formula is C11H16ClFN2O2. The van der Waals surface area contributed by atoms with Crippen LogP contribution in [0.3, 0.4) is 0 Å². The van der Waals surface area contributed by atoms with E-state index >= 15 is 0 Å². The Kier molecular flexibility index (Phi) is 6.72. The number of carbonyl (C=O) groups is 1. The molecule has 6 heteroatoms. The number of ether oxygens (including phenoxy) is 1. The van der Waals surface area contributed by atoms with Gasteiger partial charge in [-0.15, -0.1) is 12.4 Å². The number of nitrogens with one attached hydrogen (secondary N) is 1. The zero-order chi connectivity index (χ0) is 12.1. The third kappa shape index (κ3) is 4.30. The molecule has 0 aliphatic rings. The van der Waals surface area contributed by atoms with Crippen molar-refractivity contribution in [3.05, 3.63) is 29.6 Å². The molecule has 1 rings (SSSR count). The first-order valence-electron chi connectivity index (χ1n) is 4.88. The van der Waals surface area contributed by atoms with Gasteiger partial charge >= 0.3 is 0 Å². The summed E-state index contributed by atoms with van der Waals surface area (Å²) < 4.78 is 17.8. The third-order valence-corrected chi connectivity index (χ3v) is 2.22. The molecule has 4 nitrogen and oxygen atoms in total. The lowest BCUT2D eigenvalue weighted by Gasteiger charge is -2.13. The van der Waals surface area contributed by atoms with Crippen molar-refractivity contribution in [3.8, 4) is 0 Å². The average Bonchev–Trinajstić information content (AvgIpc) is 2.25. The smallest absolute Gasteiger partial charge is 0.254 e. The van der Waals surface area contributed by atoms with Gasteiger partial charge < -0.3 is 15.8 Å². The number of halogens is 2. The number of amides is 1. The quantitative estimate of drug-likeness (QED) is 0.864. The molecule has 1 aromatic rings. The van der Waals surface area contributed by atoms with Crippen LogP contribution in [0.15, 0.2) is 18.2 Å². The first-order valence-corrected chi connectivity index (χ1v) is 4.88. The van der Waals surface area contributed by atoms with Gasteiger partial charge in [0, 0.05) is 19.3 Å². The molecule has 1 amide bonds. The van der Waals surface area contributed by atoms with E-state index in [-0.39, 0.29) is 30.7 Å². The lowest BCUT2D eigenvalue weighted by Crippen LogP contribution is -2.35. The lowest BCUT2D eigenvalue weighted by atomic mass is 10.2. The molecule has 17 heavy (non-hydrogen) atoms. The Hall–Kier alpha value is -1.17. The van der Waals surface area contributed by atoms with Crippen LogP contribution in [0, 0.1) is 12.7 Å². The fraction of sp³-hybridized carbons (Fsp3) is 0.364. The van der Waals surface area contributed by atoms with Gasteiger partial charge in [0.2, 0.25) is 0 Å². The standard InChI is InChI=1S/C11H15FN2O2.ClH/c1-7-5-8(3-4-9(7)12)14-11(15)10(6-13)16-2;/h3-5,10H,6,13H2,1-2H3,(H,14,15);1H. The minimum absolute atomic E-state index is 0. The molecule has 0 saturated heterocycles. The predicted octanol–water partition coefficient (Wildman–Crippen LogP) is 1.47. The van der Waals surface area contributed by atoms with Crippen molar-refractivity contribution in [3.63, 3.8) is 0 Å². The number of rotatable bonds is 4. The summed E-state index contributed by atoms with van der Waals surface area (Å²) >= 11 is 0. The van der Waals surface area contributed by atoms with Gasteiger partial charge in [0.1, 0.15) is 11.9 Å². The Morgan fingerprint density at radius 3 is 2.71 bits per heavy atom. The molecule has 0 fully saturated rings. The van der Waals surface area contributed by atoms with Crippen molar-refractivity contribution in [2.75, 3.05) is 19.0 Å². The van der Waals surface area contributed by atoms with Gasteiger partial charge in [0.25, 0.3) is 5.91 Å². The van der Waals surface area contributed by atoms with E-state index in [9.17, 15) is 9.18 Å². The lowest BCUT2D eigenvalue weighted by molar-refractivity contribution is -0.125. The zero-order valence-electron chi connectivity index (χ0n) is 9.70. The van der Waals surface area contributed by atoms with Gasteiger partial charge in [-0.25, -0.2) is 4.39 Å². The highest BCUT2D eigenvalue weighted by Gasteiger charge is 2.15. The van der Waals surface area contributed by atoms with Crippen LogP contribution in [0.2, 0.25) is 0 Å². The Morgan fingerprint density at radius 2 is 2.24 bits per heavy atom. The van der Waals surface area contributed by atoms with Crippen LogP contribution in [0.1, 0.15) is 5.56 Å². The van der Waals surface area contributed by atoms with Crippen LogP contribution >= 0.6 is 12.4 Å². The Bertz CT molecular complexity index is 384. The highest BCUT2D eigenvalue weighted by atomic mass is 35.5. The summed E-state index contributed by atoms with van der Waals surface area (Å²) in [5.41, 5.74) is 6.35. The van der Waals surface area contributed by atoms with E-state index in [4.69, 9.17) is 10.5 Å². The molecule has 0 saturated carbocycles. The van der Waals surface area contributed by atoms with E-state index in [1.54, 1.807) is 13.0 Å². The number of hydrogen-bond donors (Lipinski definition) is 2. The van der Waals surface area contributed by atoms with Crippen LogP contribution < -0.4 is 11.1 Å². The maximum Gasteiger partial charge on any atom is 0.254 e. The number of aryl methyl sites for hydroxylation is 1. The number of benzene rings is 1. The first-order chi connectivity index (χ1) is 7.58. The zero-order valence-corrected chi connectivity index (χ0v) is 10.5. The van der Waals surface area contributed by atoms with E-state index in [1.165, 1.54) is 19.2 Å². The highest BCUT2D eigenvalue weighted by molar-refractivity contribution is 5.94. The number of methoxy groups -OCH3 is 1. The fourth-order valence-corrected chi connectivity index (χ4v) is 1.26. The number of anilines is 1. The van der Waals surface area contributed by atoms with Gasteiger partial charge in [-0.1, -0.05) is 0 Å². The van der Waals surface area contributed by atoms with Crippen molar-refractivity contribution in [2.45, 2.75) is 13.0 Å². The Labute approximate surface area is 106 Å². The second kappa shape index (κ2) is 7.21. The van der Waals surface area contributed by atoms with Crippen molar-refractivity contribution in [1.29, 1.82) is 0 Å². The summed E-state index contributed by atoms with van der Waals surface area (Å²) in [5, 5.41) is 2.60. The molecule has 0 bridgehead atoms. The summed E-state index contributed by atoms with van der Waals surface area (Å²) in [6.45, 7) is 1.73. The van der Waals surface area contributed by atoms with Crippen LogP contribution in [-0.4, -0.2) is 25.7 Å². The second-order valence-corrected chi connectivity index (χ2v) is 3.41. The molecule has 0 aliphatic carbocycles. The Balaban J connectivity index is 0.00000256. The van der Waals surface area contributed by atoms with Crippen LogP contribution in [0.4, 0.5) is 10.1 Å². The molecule has 3 N–H and O–H groups in total. The van der Waals surface area contributed by atoms with Gasteiger partial charge in [-0.2, -0.15) is 0 Å². The van der Waals surface area contributed by atoms with E-state index in [0.717, 1.165) is 0 Å². The number of carbonyl (C=O) groups excluding carboxylic acids is 1. The topological polar surface area (TPSA) is 64.3 Å². The third-order valence-electron chi connectivity index (χ3n) is 2.22. The number of hydrogen-bond acceptors (Lipinski definition) is 3. The van der Waals surface area contributed by atoms with Crippen molar-refractivity contribution in [1.82, 2.24) is 0 Å². The van der Waals surface area contributed by atoms with E-state index in [0.29, 0.717) is 11.3 Å². The SMILES string of the molecule is COC(CN)C(=O)Nc1ccc(F)c(C)c1.Cl. The van der Waals surface area contributed by atoms with Crippen LogP contribution in [0.25, 0.3) is 0 Å². The largest absolute Gasteiger partial charge is 0.370 e. The predicted molar refractivity (Wildman–Crippen MR) is 66.9 cm³/mol. The van der Waals surface area contributed by atoms with E-state index < -0.39 is 6.10 Å². The fourth-order valence-electron chi connectivity index (χ4n) is 1.26. The summed E-state index contributed by atoms with van der Waals surface area (Å²) in [4.78, 5) is 11.6. The minimum atomic E-state index is -0.689. The van der Waals surface area contributed by atoms with Crippen molar-refractivity contribution < 1.29 is 13.9 Å². The molecule has 0 aliphatic heterocycles. The van der Waals surface area contributed by atoms with Crippen LogP contribution in [0.5, 0.6) is 0 Å². The van der Waals surface area contributed by atoms with E-state index in [1.807, 2.05) is 0 Å². The Morgan fingerprint density at radius 1 is 1.59 bits per heavy atom. The normalized spacial score (nSPS) is 11.5. The minimum Gasteiger partial charge on any atom is -0.370 e. The summed E-state index contributed by atoms with van der Waals surface area (Å²) in [6, 6.07) is 4.34. The summed E-state index contributed by atoms with van der Waals surface area (Å²) in [5.74, 6) is -0.642. The molecule has 1 atom stereocenters. The highest BCUT2D eigenvalue weighted by Crippen LogP contribution is 2.13. The molecule has 0 aromatic heterocycles. The first kappa shape index (κ1) is 15.8. The van der Waals surface area contributed by atoms with Crippen molar-refractivity contribution in [2.24, 2.45) is 5.73 Å². The molecule has 0 radical (unpaired) electrons. The molecule has 0 heterocycles. The van der Waals surface area contributed by atoms with Gasteiger partial charge in [0.05, 0.1) is 0 Å². The van der Waals surface area contributed by atoms with E-state index in [2.05, 4.69) is 5.32 Å². The molecule has 1 aromatic carbocycles. The molecule has 0 spiro atoms. The summed E-state index contributed by atoms with van der Waals surface area (Å²) in [6.07, 6.45) is -0.689. The van der Waals surface area contributed by atoms with Crippen LogP contribution in [-0.2, 0) is 9.53 Å². The maximum absolute atomic E-state index is 13.0.